The molecule has 0 radical (unpaired) electrons. The van der Waals surface area contributed by atoms with Gasteiger partial charge in [0.1, 0.15) is 0 Å². The van der Waals surface area contributed by atoms with Crippen LogP contribution in [0.15, 0.2) is 0 Å². The van der Waals surface area contributed by atoms with E-state index in [4.69, 9.17) is 0 Å². The van der Waals surface area contributed by atoms with Crippen molar-refractivity contribution < 1.29 is 13.2 Å². The summed E-state index contributed by atoms with van der Waals surface area (Å²) in [6, 6.07) is -0.326. The van der Waals surface area contributed by atoms with Gasteiger partial charge in [0, 0.05) is 6.04 Å². The lowest BCUT2D eigenvalue weighted by Gasteiger charge is -2.35. The summed E-state index contributed by atoms with van der Waals surface area (Å²) in [7, 11) is 0. The number of fused-ring (bicyclic) bond motifs is 2. The fourth-order valence-corrected chi connectivity index (χ4v) is 4.70. The molecule has 5 unspecified atom stereocenters. The summed E-state index contributed by atoms with van der Waals surface area (Å²) in [6.45, 7) is 0.818. The van der Waals surface area contributed by atoms with E-state index in [0.29, 0.717) is 18.8 Å². The molecule has 5 atom stereocenters. The molecule has 3 fully saturated rings. The first-order valence-electron chi connectivity index (χ1n) is 7.84. The van der Waals surface area contributed by atoms with Crippen LogP contribution >= 0.6 is 0 Å². The van der Waals surface area contributed by atoms with Crippen molar-refractivity contribution in [1.82, 2.24) is 5.32 Å². The van der Waals surface area contributed by atoms with Gasteiger partial charge in [-0.2, -0.15) is 13.2 Å². The third-order valence-corrected chi connectivity index (χ3v) is 5.71. The third kappa shape index (κ3) is 2.93. The van der Waals surface area contributed by atoms with Gasteiger partial charge in [-0.15, -0.1) is 0 Å². The van der Waals surface area contributed by atoms with Crippen molar-refractivity contribution in [1.29, 1.82) is 0 Å². The molecule has 4 heteroatoms. The lowest BCUT2D eigenvalue weighted by molar-refractivity contribution is -0.189. The Bertz CT molecular complexity index is 315. The first-order chi connectivity index (χ1) is 9.04. The number of hydrogen-bond donors (Lipinski definition) is 1. The van der Waals surface area contributed by atoms with Crippen LogP contribution in [0.25, 0.3) is 0 Å². The van der Waals surface area contributed by atoms with Crippen molar-refractivity contribution in [3.8, 4) is 0 Å². The van der Waals surface area contributed by atoms with Crippen molar-refractivity contribution in [2.75, 3.05) is 6.54 Å². The van der Waals surface area contributed by atoms with Crippen LogP contribution in [0.4, 0.5) is 13.2 Å². The number of rotatable bonds is 3. The largest absolute Gasteiger partial charge is 0.393 e. The van der Waals surface area contributed by atoms with Gasteiger partial charge in [0.2, 0.25) is 0 Å². The minimum Gasteiger partial charge on any atom is -0.313 e. The molecule has 0 aromatic heterocycles. The molecule has 0 heterocycles. The zero-order valence-corrected chi connectivity index (χ0v) is 11.4. The molecule has 1 N–H and O–H groups in total. The van der Waals surface area contributed by atoms with Crippen LogP contribution in [0.3, 0.4) is 0 Å². The Labute approximate surface area is 113 Å². The van der Waals surface area contributed by atoms with E-state index >= 15 is 0 Å². The molecule has 0 aliphatic heterocycles. The molecule has 3 aliphatic carbocycles. The van der Waals surface area contributed by atoms with Gasteiger partial charge >= 0.3 is 6.18 Å². The van der Waals surface area contributed by atoms with Crippen LogP contribution in [0, 0.1) is 23.7 Å². The normalized spacial score (nSPS) is 42.8. The minimum absolute atomic E-state index is 0.317. The lowest BCUT2D eigenvalue weighted by Crippen LogP contribution is -2.47. The summed E-state index contributed by atoms with van der Waals surface area (Å²) >= 11 is 0. The Balaban J connectivity index is 1.53. The quantitative estimate of drug-likeness (QED) is 0.816. The molecule has 19 heavy (non-hydrogen) atoms. The van der Waals surface area contributed by atoms with Crippen molar-refractivity contribution in [3.05, 3.63) is 0 Å². The van der Waals surface area contributed by atoms with E-state index in [1.807, 2.05) is 0 Å². The van der Waals surface area contributed by atoms with Crippen LogP contribution < -0.4 is 5.32 Å². The Hall–Kier alpha value is -0.250. The van der Waals surface area contributed by atoms with Crippen molar-refractivity contribution in [2.24, 2.45) is 23.7 Å². The molecule has 1 nitrogen and oxygen atoms in total. The fourth-order valence-electron chi connectivity index (χ4n) is 4.70. The zero-order chi connectivity index (χ0) is 13.5. The van der Waals surface area contributed by atoms with Crippen molar-refractivity contribution in [2.45, 2.75) is 63.6 Å². The smallest absolute Gasteiger partial charge is 0.313 e. The van der Waals surface area contributed by atoms with Gasteiger partial charge in [-0.3, -0.25) is 0 Å². The highest BCUT2D eigenvalue weighted by Crippen LogP contribution is 2.48. The topological polar surface area (TPSA) is 12.0 Å². The van der Waals surface area contributed by atoms with E-state index in [9.17, 15) is 13.2 Å². The molecule has 0 spiro atoms. The molecule has 2 bridgehead atoms. The maximum absolute atomic E-state index is 13.0. The van der Waals surface area contributed by atoms with Crippen LogP contribution in [0.5, 0.6) is 0 Å². The highest BCUT2D eigenvalue weighted by Gasteiger charge is 2.46. The van der Waals surface area contributed by atoms with Crippen LogP contribution in [-0.4, -0.2) is 18.8 Å². The second-order valence-electron chi connectivity index (χ2n) is 6.88. The van der Waals surface area contributed by atoms with Gasteiger partial charge < -0.3 is 5.32 Å². The van der Waals surface area contributed by atoms with Crippen LogP contribution in [0.2, 0.25) is 0 Å². The molecule has 3 aliphatic rings. The molecular formula is C15H24F3N. The van der Waals surface area contributed by atoms with E-state index in [0.717, 1.165) is 31.2 Å². The summed E-state index contributed by atoms with van der Waals surface area (Å²) in [5.41, 5.74) is 0. The molecule has 0 aromatic carbocycles. The second-order valence-corrected chi connectivity index (χ2v) is 6.88. The van der Waals surface area contributed by atoms with Gasteiger partial charge in [0.25, 0.3) is 0 Å². The third-order valence-electron chi connectivity index (χ3n) is 5.71. The van der Waals surface area contributed by atoms with Crippen molar-refractivity contribution >= 4 is 0 Å². The summed E-state index contributed by atoms with van der Waals surface area (Å²) in [5, 5.41) is 3.29. The fraction of sp³-hybridized carbons (Fsp3) is 1.00. The first-order valence-corrected chi connectivity index (χ1v) is 7.84. The molecule has 0 saturated heterocycles. The molecular weight excluding hydrogens is 251 g/mol. The second kappa shape index (κ2) is 5.27. The summed E-state index contributed by atoms with van der Waals surface area (Å²) < 4.78 is 39.0. The summed E-state index contributed by atoms with van der Waals surface area (Å²) in [5.74, 6) is 1.21. The Morgan fingerprint density at radius 1 is 0.947 bits per heavy atom. The average molecular weight is 275 g/mol. The first kappa shape index (κ1) is 13.7. The SMILES string of the molecule is FC(F)(F)C1CCCCC1NCC1CC2CCC1C2. The molecule has 3 saturated carbocycles. The summed E-state index contributed by atoms with van der Waals surface area (Å²) in [4.78, 5) is 0. The highest BCUT2D eigenvalue weighted by molar-refractivity contribution is 4.92. The van der Waals surface area contributed by atoms with E-state index in [-0.39, 0.29) is 6.04 Å². The Morgan fingerprint density at radius 3 is 2.37 bits per heavy atom. The van der Waals surface area contributed by atoms with E-state index in [1.54, 1.807) is 0 Å². The van der Waals surface area contributed by atoms with Gasteiger partial charge in [0.05, 0.1) is 5.92 Å². The van der Waals surface area contributed by atoms with E-state index in [2.05, 4.69) is 5.32 Å². The highest BCUT2D eigenvalue weighted by atomic mass is 19.4. The average Bonchev–Trinajstić information content (AvgIpc) is 2.97. The Kier molecular flexibility index (Phi) is 3.80. The predicted octanol–water partition coefficient (Wildman–Crippen LogP) is 4.13. The molecule has 110 valence electrons. The van der Waals surface area contributed by atoms with E-state index in [1.165, 1.54) is 25.7 Å². The molecule has 3 rings (SSSR count). The van der Waals surface area contributed by atoms with Gasteiger partial charge in [0.15, 0.2) is 0 Å². The van der Waals surface area contributed by atoms with Crippen LogP contribution in [-0.2, 0) is 0 Å². The Morgan fingerprint density at radius 2 is 1.74 bits per heavy atom. The van der Waals surface area contributed by atoms with E-state index < -0.39 is 12.1 Å². The van der Waals surface area contributed by atoms with Gasteiger partial charge in [-0.25, -0.2) is 0 Å². The maximum atomic E-state index is 13.0. The predicted molar refractivity (Wildman–Crippen MR) is 68.7 cm³/mol. The number of hydrogen-bond acceptors (Lipinski definition) is 1. The van der Waals surface area contributed by atoms with Gasteiger partial charge in [-0.05, 0) is 56.4 Å². The standard InChI is InChI=1S/C15H24F3N/c16-15(17,18)13-3-1-2-4-14(13)19-9-12-8-10-5-6-11(12)7-10/h10-14,19H,1-9H2. The number of halogens is 3. The van der Waals surface area contributed by atoms with Crippen molar-refractivity contribution in [3.63, 3.8) is 0 Å². The maximum Gasteiger partial charge on any atom is 0.393 e. The number of nitrogens with one attached hydrogen (secondary N) is 1. The van der Waals surface area contributed by atoms with Gasteiger partial charge in [-0.1, -0.05) is 19.3 Å². The van der Waals surface area contributed by atoms with Crippen LogP contribution in [0.1, 0.15) is 51.4 Å². The summed E-state index contributed by atoms with van der Waals surface area (Å²) in [6.07, 6.45) is 3.92. The monoisotopic (exact) mass is 275 g/mol. The lowest BCUT2D eigenvalue weighted by atomic mass is 9.83. The molecule has 0 aromatic rings. The minimum atomic E-state index is -4.02. The molecule has 0 amide bonds. The number of alkyl halides is 3. The zero-order valence-electron chi connectivity index (χ0n) is 11.4.